The lowest BCUT2D eigenvalue weighted by molar-refractivity contribution is -0.116. The van der Waals surface area contributed by atoms with Crippen molar-refractivity contribution in [3.8, 4) is 0 Å². The molecule has 0 spiro atoms. The zero-order valence-electron chi connectivity index (χ0n) is 12.6. The first kappa shape index (κ1) is 15.9. The monoisotopic (exact) mass is 307 g/mol. The van der Waals surface area contributed by atoms with E-state index in [0.29, 0.717) is 24.4 Å². The molecule has 1 aliphatic rings. The highest BCUT2D eigenvalue weighted by atomic mass is 32.2. The number of thioether (sulfide) groups is 1. The number of carbonyl (C=O) groups is 2. The fraction of sp³-hybridized carbons (Fsp3) is 0.467. The molecule has 21 heavy (non-hydrogen) atoms. The molecule has 0 radical (unpaired) electrons. The SMILES string of the molecule is CC(C)(C)NCCC(=O)Nc1ccc2c(c1)NC(=O)CS2. The van der Waals surface area contributed by atoms with Gasteiger partial charge in [-0.2, -0.15) is 0 Å². The van der Waals surface area contributed by atoms with Gasteiger partial charge < -0.3 is 16.0 Å². The van der Waals surface area contributed by atoms with Crippen molar-refractivity contribution < 1.29 is 9.59 Å². The quantitative estimate of drug-likeness (QED) is 0.799. The molecule has 0 saturated heterocycles. The maximum atomic E-state index is 11.9. The van der Waals surface area contributed by atoms with Crippen LogP contribution in [0.3, 0.4) is 0 Å². The Labute approximate surface area is 129 Å². The van der Waals surface area contributed by atoms with E-state index in [0.717, 1.165) is 10.6 Å². The molecule has 0 bridgehead atoms. The van der Waals surface area contributed by atoms with Crippen LogP contribution in [0.2, 0.25) is 0 Å². The number of anilines is 2. The highest BCUT2D eigenvalue weighted by molar-refractivity contribution is 8.00. The molecule has 114 valence electrons. The molecule has 0 unspecified atom stereocenters. The summed E-state index contributed by atoms with van der Waals surface area (Å²) in [6.45, 7) is 6.82. The number of nitrogens with one attached hydrogen (secondary N) is 3. The molecule has 1 aliphatic heterocycles. The highest BCUT2D eigenvalue weighted by Crippen LogP contribution is 2.33. The lowest BCUT2D eigenvalue weighted by Gasteiger charge is -2.20. The molecule has 1 aromatic rings. The summed E-state index contributed by atoms with van der Waals surface area (Å²) in [5, 5.41) is 8.94. The fourth-order valence-electron chi connectivity index (χ4n) is 1.94. The average Bonchev–Trinajstić information content (AvgIpc) is 2.36. The summed E-state index contributed by atoms with van der Waals surface area (Å²) in [5.74, 6) is 0.392. The van der Waals surface area contributed by atoms with Crippen LogP contribution >= 0.6 is 11.8 Å². The summed E-state index contributed by atoms with van der Waals surface area (Å²) in [6.07, 6.45) is 0.412. The van der Waals surface area contributed by atoms with Gasteiger partial charge in [0, 0.05) is 29.1 Å². The van der Waals surface area contributed by atoms with Gasteiger partial charge in [0.2, 0.25) is 11.8 Å². The van der Waals surface area contributed by atoms with Crippen LogP contribution in [0.1, 0.15) is 27.2 Å². The predicted molar refractivity (Wildman–Crippen MR) is 86.8 cm³/mol. The first-order chi connectivity index (χ1) is 9.83. The summed E-state index contributed by atoms with van der Waals surface area (Å²) < 4.78 is 0. The Morgan fingerprint density at radius 2 is 2.14 bits per heavy atom. The molecule has 6 heteroatoms. The van der Waals surface area contributed by atoms with Crippen molar-refractivity contribution in [1.82, 2.24) is 5.32 Å². The van der Waals surface area contributed by atoms with Gasteiger partial charge >= 0.3 is 0 Å². The number of carbonyl (C=O) groups excluding carboxylic acids is 2. The third-order valence-electron chi connectivity index (χ3n) is 2.90. The minimum absolute atomic E-state index is 0.00754. The maximum Gasteiger partial charge on any atom is 0.234 e. The van der Waals surface area contributed by atoms with Crippen molar-refractivity contribution in [3.05, 3.63) is 18.2 Å². The van der Waals surface area contributed by atoms with E-state index in [1.807, 2.05) is 12.1 Å². The van der Waals surface area contributed by atoms with Crippen LogP contribution in [0.25, 0.3) is 0 Å². The molecule has 0 aliphatic carbocycles. The Balaban J connectivity index is 1.89. The zero-order valence-corrected chi connectivity index (χ0v) is 13.4. The van der Waals surface area contributed by atoms with Gasteiger partial charge in [-0.3, -0.25) is 9.59 Å². The molecular weight excluding hydrogens is 286 g/mol. The minimum atomic E-state index is -0.0403. The van der Waals surface area contributed by atoms with Crippen LogP contribution in [0.15, 0.2) is 23.1 Å². The molecule has 0 aromatic heterocycles. The first-order valence-electron chi connectivity index (χ1n) is 6.95. The molecule has 5 nitrogen and oxygen atoms in total. The normalized spacial score (nSPS) is 14.3. The van der Waals surface area contributed by atoms with Crippen LogP contribution in [-0.4, -0.2) is 29.7 Å². The number of fused-ring (bicyclic) bond motifs is 1. The average molecular weight is 307 g/mol. The molecule has 2 rings (SSSR count). The van der Waals surface area contributed by atoms with Gasteiger partial charge in [-0.25, -0.2) is 0 Å². The molecule has 1 aromatic carbocycles. The van der Waals surface area contributed by atoms with Crippen molar-refractivity contribution in [2.75, 3.05) is 22.9 Å². The molecule has 0 fully saturated rings. The summed E-state index contributed by atoms with van der Waals surface area (Å²) in [4.78, 5) is 24.3. The largest absolute Gasteiger partial charge is 0.326 e. The Kier molecular flexibility index (Phi) is 4.90. The molecule has 3 N–H and O–H groups in total. The number of hydrogen-bond acceptors (Lipinski definition) is 4. The van der Waals surface area contributed by atoms with Crippen LogP contribution in [0.4, 0.5) is 11.4 Å². The summed E-state index contributed by atoms with van der Waals surface area (Å²) >= 11 is 1.51. The van der Waals surface area contributed by atoms with Crippen molar-refractivity contribution in [1.29, 1.82) is 0 Å². The Morgan fingerprint density at radius 3 is 2.86 bits per heavy atom. The number of benzene rings is 1. The van der Waals surface area contributed by atoms with E-state index in [4.69, 9.17) is 0 Å². The summed E-state index contributed by atoms with van der Waals surface area (Å²) in [6, 6.07) is 5.58. The van der Waals surface area contributed by atoms with E-state index in [2.05, 4.69) is 36.7 Å². The maximum absolute atomic E-state index is 11.9. The van der Waals surface area contributed by atoms with Gasteiger partial charge in [0.15, 0.2) is 0 Å². The summed E-state index contributed by atoms with van der Waals surface area (Å²) in [7, 11) is 0. The van der Waals surface area contributed by atoms with Gasteiger partial charge in [-0.15, -0.1) is 11.8 Å². The third-order valence-corrected chi connectivity index (χ3v) is 3.98. The molecule has 0 atom stereocenters. The summed E-state index contributed by atoms with van der Waals surface area (Å²) in [5.41, 5.74) is 1.48. The van der Waals surface area contributed by atoms with E-state index < -0.39 is 0 Å². The number of amides is 2. The Morgan fingerprint density at radius 1 is 1.38 bits per heavy atom. The lowest BCUT2D eigenvalue weighted by atomic mass is 10.1. The van der Waals surface area contributed by atoms with Crippen LogP contribution in [0, 0.1) is 0 Å². The molecule has 0 saturated carbocycles. The number of rotatable bonds is 4. The third kappa shape index (κ3) is 5.06. The smallest absolute Gasteiger partial charge is 0.234 e. The van der Waals surface area contributed by atoms with E-state index in [1.165, 1.54) is 11.8 Å². The molecule has 1 heterocycles. The topological polar surface area (TPSA) is 70.2 Å². The van der Waals surface area contributed by atoms with E-state index in [9.17, 15) is 9.59 Å². The molecule has 2 amide bonds. The van der Waals surface area contributed by atoms with E-state index >= 15 is 0 Å². The second-order valence-corrected chi connectivity index (χ2v) is 7.04. The van der Waals surface area contributed by atoms with Crippen molar-refractivity contribution >= 4 is 35.0 Å². The van der Waals surface area contributed by atoms with Crippen LogP contribution in [-0.2, 0) is 9.59 Å². The minimum Gasteiger partial charge on any atom is -0.326 e. The van der Waals surface area contributed by atoms with Crippen molar-refractivity contribution in [3.63, 3.8) is 0 Å². The second kappa shape index (κ2) is 6.49. The highest BCUT2D eigenvalue weighted by Gasteiger charge is 2.16. The van der Waals surface area contributed by atoms with Crippen LogP contribution in [0.5, 0.6) is 0 Å². The van der Waals surface area contributed by atoms with Gasteiger partial charge in [-0.05, 0) is 39.0 Å². The molecular formula is C15H21N3O2S. The van der Waals surface area contributed by atoms with Crippen molar-refractivity contribution in [2.24, 2.45) is 0 Å². The van der Waals surface area contributed by atoms with Gasteiger partial charge in [0.25, 0.3) is 0 Å². The Bertz CT molecular complexity index is 552. The van der Waals surface area contributed by atoms with Gasteiger partial charge in [-0.1, -0.05) is 0 Å². The van der Waals surface area contributed by atoms with Gasteiger partial charge in [0.1, 0.15) is 0 Å². The standard InChI is InChI=1S/C15H21N3O2S/c1-15(2,3)16-7-6-13(19)17-10-4-5-12-11(8-10)18-14(20)9-21-12/h4-5,8,16H,6-7,9H2,1-3H3,(H,17,19)(H,18,20). The Hall–Kier alpha value is -1.53. The predicted octanol–water partition coefficient (Wildman–Crippen LogP) is 2.45. The van der Waals surface area contributed by atoms with Gasteiger partial charge in [0.05, 0.1) is 11.4 Å². The van der Waals surface area contributed by atoms with E-state index in [1.54, 1.807) is 6.07 Å². The lowest BCUT2D eigenvalue weighted by Crippen LogP contribution is -2.37. The first-order valence-corrected chi connectivity index (χ1v) is 7.94. The zero-order chi connectivity index (χ0) is 15.5. The van der Waals surface area contributed by atoms with E-state index in [-0.39, 0.29) is 17.4 Å². The van der Waals surface area contributed by atoms with Crippen LogP contribution < -0.4 is 16.0 Å². The fourth-order valence-corrected chi connectivity index (χ4v) is 2.72. The van der Waals surface area contributed by atoms with Crippen molar-refractivity contribution in [2.45, 2.75) is 37.6 Å². The number of hydrogen-bond donors (Lipinski definition) is 3. The second-order valence-electron chi connectivity index (χ2n) is 6.02.